The van der Waals surface area contributed by atoms with Crippen molar-refractivity contribution in [3.05, 3.63) is 34.9 Å². The van der Waals surface area contributed by atoms with Gasteiger partial charge in [-0.2, -0.15) is 0 Å². The summed E-state index contributed by atoms with van der Waals surface area (Å²) in [6, 6.07) is 6.49. The van der Waals surface area contributed by atoms with Gasteiger partial charge in [0.1, 0.15) is 0 Å². The highest BCUT2D eigenvalue weighted by molar-refractivity contribution is 5.33. The van der Waals surface area contributed by atoms with Gasteiger partial charge in [-0.1, -0.05) is 37.5 Å². The Morgan fingerprint density at radius 1 is 1.11 bits per heavy atom. The summed E-state index contributed by atoms with van der Waals surface area (Å²) in [7, 11) is 0. The van der Waals surface area contributed by atoms with Crippen molar-refractivity contribution < 1.29 is 4.74 Å². The van der Waals surface area contributed by atoms with E-state index in [9.17, 15) is 0 Å². The fourth-order valence-corrected chi connectivity index (χ4v) is 2.87. The molecule has 106 valence electrons. The SMILES string of the molecule is Cc1cccc(C)c1CNCCOC1CCCCC1. The molecule has 0 radical (unpaired) electrons. The van der Waals surface area contributed by atoms with Crippen LogP contribution in [0.1, 0.15) is 48.8 Å². The molecular formula is C17H27NO. The van der Waals surface area contributed by atoms with Gasteiger partial charge in [-0.3, -0.25) is 0 Å². The lowest BCUT2D eigenvalue weighted by Crippen LogP contribution is -2.24. The van der Waals surface area contributed by atoms with Gasteiger partial charge in [-0.25, -0.2) is 0 Å². The number of nitrogens with one attached hydrogen (secondary N) is 1. The van der Waals surface area contributed by atoms with E-state index < -0.39 is 0 Å². The smallest absolute Gasteiger partial charge is 0.0594 e. The minimum Gasteiger partial charge on any atom is -0.377 e. The first-order valence-electron chi connectivity index (χ1n) is 7.65. The van der Waals surface area contributed by atoms with E-state index in [0.29, 0.717) is 6.10 Å². The second-order valence-corrected chi connectivity index (χ2v) is 5.68. The summed E-state index contributed by atoms with van der Waals surface area (Å²) in [6.45, 7) is 7.11. The first kappa shape index (κ1) is 14.5. The zero-order chi connectivity index (χ0) is 13.5. The minimum atomic E-state index is 0.524. The maximum Gasteiger partial charge on any atom is 0.0594 e. The van der Waals surface area contributed by atoms with E-state index >= 15 is 0 Å². The fraction of sp³-hybridized carbons (Fsp3) is 0.647. The molecule has 19 heavy (non-hydrogen) atoms. The lowest BCUT2D eigenvalue weighted by molar-refractivity contribution is 0.0302. The second-order valence-electron chi connectivity index (χ2n) is 5.68. The molecule has 2 rings (SSSR count). The van der Waals surface area contributed by atoms with E-state index in [2.05, 4.69) is 37.4 Å². The standard InChI is InChI=1S/C17H27NO/c1-14-7-6-8-15(2)17(14)13-18-11-12-19-16-9-4-3-5-10-16/h6-8,16,18H,3-5,9-13H2,1-2H3. The van der Waals surface area contributed by atoms with Crippen molar-refractivity contribution in [2.75, 3.05) is 13.2 Å². The number of hydrogen-bond acceptors (Lipinski definition) is 2. The lowest BCUT2D eigenvalue weighted by Gasteiger charge is -2.22. The third-order valence-electron chi connectivity index (χ3n) is 4.13. The van der Waals surface area contributed by atoms with E-state index in [1.54, 1.807) is 0 Å². The van der Waals surface area contributed by atoms with Gasteiger partial charge in [0.2, 0.25) is 0 Å². The highest BCUT2D eigenvalue weighted by Gasteiger charge is 2.12. The Labute approximate surface area is 117 Å². The molecule has 0 spiro atoms. The van der Waals surface area contributed by atoms with Gasteiger partial charge in [0, 0.05) is 13.1 Å². The molecule has 1 saturated carbocycles. The Morgan fingerprint density at radius 2 is 1.79 bits per heavy atom. The average molecular weight is 261 g/mol. The summed E-state index contributed by atoms with van der Waals surface area (Å²) in [4.78, 5) is 0. The molecule has 1 N–H and O–H groups in total. The summed E-state index contributed by atoms with van der Waals surface area (Å²) in [5.41, 5.74) is 4.18. The Balaban J connectivity index is 1.63. The van der Waals surface area contributed by atoms with E-state index in [1.165, 1.54) is 48.8 Å². The molecule has 0 unspecified atom stereocenters. The fourth-order valence-electron chi connectivity index (χ4n) is 2.87. The van der Waals surface area contributed by atoms with Gasteiger partial charge in [0.25, 0.3) is 0 Å². The van der Waals surface area contributed by atoms with Crippen LogP contribution in [0.15, 0.2) is 18.2 Å². The van der Waals surface area contributed by atoms with Crippen molar-refractivity contribution in [2.45, 2.75) is 58.6 Å². The Bertz CT molecular complexity index is 363. The topological polar surface area (TPSA) is 21.3 Å². The molecular weight excluding hydrogens is 234 g/mol. The summed E-state index contributed by atoms with van der Waals surface area (Å²) in [6.07, 6.45) is 7.13. The molecule has 0 heterocycles. The van der Waals surface area contributed by atoms with Crippen molar-refractivity contribution in [1.82, 2.24) is 5.32 Å². The van der Waals surface area contributed by atoms with E-state index in [4.69, 9.17) is 4.74 Å². The maximum absolute atomic E-state index is 5.92. The normalized spacial score (nSPS) is 16.7. The molecule has 2 heteroatoms. The first-order valence-corrected chi connectivity index (χ1v) is 7.65. The predicted octanol–water partition coefficient (Wildman–Crippen LogP) is 3.74. The molecule has 1 fully saturated rings. The van der Waals surface area contributed by atoms with Crippen LogP contribution in [0.2, 0.25) is 0 Å². The van der Waals surface area contributed by atoms with Crippen LogP contribution in [0.5, 0.6) is 0 Å². The summed E-state index contributed by atoms with van der Waals surface area (Å²) in [5, 5.41) is 3.50. The molecule has 2 nitrogen and oxygen atoms in total. The molecule has 1 aliphatic carbocycles. The van der Waals surface area contributed by atoms with E-state index in [0.717, 1.165) is 19.7 Å². The summed E-state index contributed by atoms with van der Waals surface area (Å²) < 4.78 is 5.92. The highest BCUT2D eigenvalue weighted by atomic mass is 16.5. The first-order chi connectivity index (χ1) is 9.27. The van der Waals surface area contributed by atoms with Crippen LogP contribution in [-0.2, 0) is 11.3 Å². The summed E-state index contributed by atoms with van der Waals surface area (Å²) in [5.74, 6) is 0. The van der Waals surface area contributed by atoms with Gasteiger partial charge in [-0.05, 0) is 43.4 Å². The Hall–Kier alpha value is -0.860. The molecule has 1 aromatic carbocycles. The largest absolute Gasteiger partial charge is 0.377 e. The third-order valence-corrected chi connectivity index (χ3v) is 4.13. The molecule has 0 amide bonds. The summed E-state index contributed by atoms with van der Waals surface area (Å²) >= 11 is 0. The van der Waals surface area contributed by atoms with Crippen molar-refractivity contribution in [1.29, 1.82) is 0 Å². The number of ether oxygens (including phenoxy) is 1. The molecule has 1 aromatic rings. The van der Waals surface area contributed by atoms with Gasteiger partial charge in [-0.15, -0.1) is 0 Å². The molecule has 0 aromatic heterocycles. The molecule has 1 aliphatic rings. The Kier molecular flexibility index (Phi) is 5.87. The van der Waals surface area contributed by atoms with Crippen LogP contribution >= 0.6 is 0 Å². The van der Waals surface area contributed by atoms with Crippen LogP contribution in [-0.4, -0.2) is 19.3 Å². The predicted molar refractivity (Wildman–Crippen MR) is 80.4 cm³/mol. The van der Waals surface area contributed by atoms with Gasteiger partial charge >= 0.3 is 0 Å². The van der Waals surface area contributed by atoms with Crippen molar-refractivity contribution in [2.24, 2.45) is 0 Å². The molecule has 0 atom stereocenters. The van der Waals surface area contributed by atoms with Crippen molar-refractivity contribution in [3.8, 4) is 0 Å². The lowest BCUT2D eigenvalue weighted by atomic mass is 9.98. The molecule has 0 aliphatic heterocycles. The van der Waals surface area contributed by atoms with Crippen LogP contribution in [0.25, 0.3) is 0 Å². The minimum absolute atomic E-state index is 0.524. The van der Waals surface area contributed by atoms with Crippen molar-refractivity contribution >= 4 is 0 Å². The van der Waals surface area contributed by atoms with E-state index in [1.807, 2.05) is 0 Å². The average Bonchev–Trinajstić information content (AvgIpc) is 2.42. The van der Waals surface area contributed by atoms with Crippen LogP contribution in [0.3, 0.4) is 0 Å². The zero-order valence-electron chi connectivity index (χ0n) is 12.4. The highest BCUT2D eigenvalue weighted by Crippen LogP contribution is 2.19. The van der Waals surface area contributed by atoms with Crippen molar-refractivity contribution in [3.63, 3.8) is 0 Å². The number of aryl methyl sites for hydroxylation is 2. The number of hydrogen-bond donors (Lipinski definition) is 1. The zero-order valence-corrected chi connectivity index (χ0v) is 12.4. The number of rotatable bonds is 6. The van der Waals surface area contributed by atoms with Crippen LogP contribution in [0.4, 0.5) is 0 Å². The van der Waals surface area contributed by atoms with Gasteiger partial charge in [0.05, 0.1) is 12.7 Å². The maximum atomic E-state index is 5.92. The van der Waals surface area contributed by atoms with Crippen LogP contribution in [0, 0.1) is 13.8 Å². The second kappa shape index (κ2) is 7.66. The Morgan fingerprint density at radius 3 is 2.47 bits per heavy atom. The number of benzene rings is 1. The van der Waals surface area contributed by atoms with Gasteiger partial charge < -0.3 is 10.1 Å². The third kappa shape index (κ3) is 4.63. The molecule has 0 saturated heterocycles. The quantitative estimate of drug-likeness (QED) is 0.788. The van der Waals surface area contributed by atoms with E-state index in [-0.39, 0.29) is 0 Å². The van der Waals surface area contributed by atoms with Crippen LogP contribution < -0.4 is 5.32 Å². The van der Waals surface area contributed by atoms with Gasteiger partial charge in [0.15, 0.2) is 0 Å². The monoisotopic (exact) mass is 261 g/mol. The molecule has 0 bridgehead atoms.